The summed E-state index contributed by atoms with van der Waals surface area (Å²) in [5.74, 6) is 0.291. The van der Waals surface area contributed by atoms with Gasteiger partial charge in [0.2, 0.25) is 24.2 Å². The highest BCUT2D eigenvalue weighted by atomic mass is 79.9. The van der Waals surface area contributed by atoms with Crippen LogP contribution in [0, 0.1) is 0 Å². The number of fused-ring (bicyclic) bond motifs is 4. The van der Waals surface area contributed by atoms with Crippen molar-refractivity contribution in [1.82, 2.24) is 29.6 Å². The third kappa shape index (κ3) is 11.0. The predicted octanol–water partition coefficient (Wildman–Crippen LogP) is 9.02. The number of amides is 2. The highest BCUT2D eigenvalue weighted by molar-refractivity contribution is 9.11. The quantitative estimate of drug-likeness (QED) is 0.131. The van der Waals surface area contributed by atoms with Crippen molar-refractivity contribution in [1.29, 1.82) is 0 Å². The number of nitrogens with zero attached hydrogens (tertiary/aromatic N) is 8. The zero-order valence-corrected chi connectivity index (χ0v) is 45.3. The molecule has 1 N–H and O–H groups in total. The highest BCUT2D eigenvalue weighted by Crippen LogP contribution is 2.43. The van der Waals surface area contributed by atoms with Gasteiger partial charge in [-0.05, 0) is 148 Å². The third-order valence-corrected chi connectivity index (χ3v) is 16.6. The molecule has 2 saturated heterocycles. The molecule has 10 rings (SSSR count). The molecule has 11 nitrogen and oxygen atoms in total. The molecular formula is C51H50Br4Cl2N8O3+2. The van der Waals surface area contributed by atoms with E-state index >= 15 is 0 Å². The van der Waals surface area contributed by atoms with Crippen molar-refractivity contribution >= 4 is 98.7 Å². The van der Waals surface area contributed by atoms with Crippen molar-refractivity contribution < 1.29 is 24.1 Å². The number of aryl methyl sites for hydroxylation is 4. The van der Waals surface area contributed by atoms with Gasteiger partial charge in [-0.25, -0.2) is 4.57 Å². The Hall–Kier alpha value is -3.80. The Balaban J connectivity index is 0.000000170. The van der Waals surface area contributed by atoms with Gasteiger partial charge in [-0.1, -0.05) is 45.2 Å². The highest BCUT2D eigenvalue weighted by Gasteiger charge is 2.36. The fourth-order valence-corrected chi connectivity index (χ4v) is 12.5. The molecule has 6 heterocycles. The largest absolute Gasteiger partial charge is 0.340 e. The van der Waals surface area contributed by atoms with Gasteiger partial charge in [-0.2, -0.15) is 0 Å². The van der Waals surface area contributed by atoms with E-state index in [9.17, 15) is 14.8 Å². The number of hydrogen-bond acceptors (Lipinski definition) is 7. The summed E-state index contributed by atoms with van der Waals surface area (Å²) >= 11 is 27.6. The summed E-state index contributed by atoms with van der Waals surface area (Å²) < 4.78 is 6.92. The molecule has 17 heteroatoms. The number of rotatable bonds is 6. The molecule has 0 bridgehead atoms. The fraction of sp³-hybridized carbons (Fsp3) is 0.333. The molecule has 2 fully saturated rings. The molecule has 2 unspecified atom stereocenters. The second kappa shape index (κ2) is 21.7. The summed E-state index contributed by atoms with van der Waals surface area (Å²) in [5, 5.41) is 10.9. The smallest absolute Gasteiger partial charge is 0.227 e. The Morgan fingerprint density at radius 1 is 0.647 bits per heavy atom. The first-order valence-corrected chi connectivity index (χ1v) is 26.6. The van der Waals surface area contributed by atoms with Crippen LogP contribution < -0.4 is 9.30 Å². The van der Waals surface area contributed by atoms with E-state index in [0.29, 0.717) is 39.0 Å². The van der Waals surface area contributed by atoms with Crippen LogP contribution in [0.1, 0.15) is 68.0 Å². The Labute approximate surface area is 440 Å². The lowest BCUT2D eigenvalue weighted by atomic mass is 9.96. The summed E-state index contributed by atoms with van der Waals surface area (Å²) in [5.41, 5.74) is 11.6. The second-order valence-electron chi connectivity index (χ2n) is 17.7. The van der Waals surface area contributed by atoms with Gasteiger partial charge in [0, 0.05) is 117 Å². The van der Waals surface area contributed by atoms with E-state index < -0.39 is 0 Å². The second-order valence-corrected chi connectivity index (χ2v) is 22.1. The van der Waals surface area contributed by atoms with E-state index in [0.717, 1.165) is 107 Å². The van der Waals surface area contributed by atoms with Crippen molar-refractivity contribution in [3.8, 4) is 0 Å². The van der Waals surface area contributed by atoms with Crippen molar-refractivity contribution in [3.63, 3.8) is 0 Å². The monoisotopic (exact) mass is 1210 g/mol. The molecule has 2 atom stereocenters. The van der Waals surface area contributed by atoms with Gasteiger partial charge in [0.15, 0.2) is 12.4 Å². The molecule has 2 aliphatic carbocycles. The first kappa shape index (κ1) is 49.2. The van der Waals surface area contributed by atoms with Crippen LogP contribution in [0.15, 0.2) is 116 Å². The van der Waals surface area contributed by atoms with Gasteiger partial charge in [0.05, 0.1) is 41.3 Å². The summed E-state index contributed by atoms with van der Waals surface area (Å²) in [7, 11) is 1.98. The number of piperazine rings is 2. The van der Waals surface area contributed by atoms with Gasteiger partial charge in [0.1, 0.15) is 7.05 Å². The summed E-state index contributed by atoms with van der Waals surface area (Å²) in [6.07, 6.45) is 15.2. The van der Waals surface area contributed by atoms with Crippen LogP contribution in [0.5, 0.6) is 0 Å². The standard InChI is InChI=1S/C26H26Br2ClN4O.C25H24Br2ClN4O2/c1-31-8-6-17(7-9-31)14-23(34)32-10-12-33(13-11-32)26-21-4-5-22(29)24(28)20(21)3-2-18-15-19(27)16-30-25(18)26;26-19-12-18-2-1-17-13-20(28)14-21(27)23(17)25(24(18)29-15-19)31-9-7-30(8-10-31)22(33)11-16-3-5-32(34)6-4-16/h4-9,15-16,26H,2-3,10-14H2,1H3;3-6,12-15,25,34H,1-2,7-11H2/q2*+1. The number of carbonyl (C=O) groups is 2. The molecule has 0 spiro atoms. The molecule has 352 valence electrons. The molecule has 6 aromatic rings. The van der Waals surface area contributed by atoms with E-state index in [1.165, 1.54) is 45.8 Å². The first-order valence-electron chi connectivity index (χ1n) is 22.7. The molecule has 2 aromatic carbocycles. The SMILES string of the molecule is C[n+]1ccc(CC(=O)N2CCN(C3c4ccc(Cl)c(Br)c4CCc4cc(Br)cnc43)CC2)cc1.O=C(Cc1cc[n+](O)cc1)N1CCN(C2c3ncc(Br)cc3CCc3cc(Cl)cc(Br)c32)CC1. The van der Waals surface area contributed by atoms with Gasteiger partial charge in [-0.15, -0.1) is 0 Å². The minimum atomic E-state index is -0.00128. The molecule has 0 saturated carbocycles. The normalized spacial score (nSPS) is 18.2. The predicted molar refractivity (Wildman–Crippen MR) is 276 cm³/mol. The minimum absolute atomic E-state index is 0.00128. The van der Waals surface area contributed by atoms with Crippen molar-refractivity contribution in [2.24, 2.45) is 7.05 Å². The maximum absolute atomic E-state index is 13.0. The van der Waals surface area contributed by atoms with Crippen LogP contribution in [0.25, 0.3) is 0 Å². The van der Waals surface area contributed by atoms with Crippen LogP contribution in [0.2, 0.25) is 10.0 Å². The molecule has 0 radical (unpaired) electrons. The number of aromatic nitrogens is 4. The van der Waals surface area contributed by atoms with Crippen LogP contribution >= 0.6 is 86.9 Å². The molecular weight excluding hydrogens is 1160 g/mol. The van der Waals surface area contributed by atoms with Crippen LogP contribution in [-0.2, 0) is 55.2 Å². The number of carbonyl (C=O) groups excluding carboxylic acids is 2. The Morgan fingerprint density at radius 3 is 1.72 bits per heavy atom. The lowest BCUT2D eigenvalue weighted by molar-refractivity contribution is -0.904. The van der Waals surface area contributed by atoms with Crippen LogP contribution in [-0.4, -0.2) is 98.9 Å². The molecule has 4 aliphatic rings. The zero-order valence-electron chi connectivity index (χ0n) is 37.4. The Kier molecular flexibility index (Phi) is 15.7. The topological polar surface area (TPSA) is 101 Å². The summed E-state index contributed by atoms with van der Waals surface area (Å²) in [6, 6.07) is 20.1. The van der Waals surface area contributed by atoms with Crippen molar-refractivity contribution in [2.75, 3.05) is 52.4 Å². The van der Waals surface area contributed by atoms with Gasteiger partial charge in [-0.3, -0.25) is 34.6 Å². The number of benzene rings is 2. The van der Waals surface area contributed by atoms with Gasteiger partial charge in [0.25, 0.3) is 0 Å². The Bertz CT molecular complexity index is 2840. The van der Waals surface area contributed by atoms with Crippen LogP contribution in [0.4, 0.5) is 0 Å². The summed E-state index contributed by atoms with van der Waals surface area (Å²) in [4.78, 5) is 44.5. The summed E-state index contributed by atoms with van der Waals surface area (Å²) in [6.45, 7) is 5.87. The maximum atomic E-state index is 13.0. The van der Waals surface area contributed by atoms with E-state index in [4.69, 9.17) is 33.2 Å². The van der Waals surface area contributed by atoms with E-state index in [1.807, 2.05) is 70.5 Å². The van der Waals surface area contributed by atoms with E-state index in [2.05, 4.69) is 97.8 Å². The number of pyridine rings is 4. The van der Waals surface area contributed by atoms with Crippen molar-refractivity contribution in [2.45, 2.75) is 50.6 Å². The molecule has 2 aliphatic heterocycles. The lowest BCUT2D eigenvalue weighted by Gasteiger charge is -2.40. The van der Waals surface area contributed by atoms with E-state index in [-0.39, 0.29) is 23.9 Å². The van der Waals surface area contributed by atoms with Crippen LogP contribution in [0.3, 0.4) is 0 Å². The average molecular weight is 1210 g/mol. The Morgan fingerprint density at radius 2 is 1.15 bits per heavy atom. The minimum Gasteiger partial charge on any atom is -0.340 e. The number of halogens is 6. The first-order chi connectivity index (χ1) is 32.8. The fourth-order valence-electron chi connectivity index (χ4n) is 9.93. The zero-order chi connectivity index (χ0) is 47.6. The van der Waals surface area contributed by atoms with Gasteiger partial charge < -0.3 is 9.80 Å². The average Bonchev–Trinajstić information content (AvgIpc) is 3.60. The maximum Gasteiger partial charge on any atom is 0.227 e. The van der Waals surface area contributed by atoms with Gasteiger partial charge >= 0.3 is 0 Å². The van der Waals surface area contributed by atoms with E-state index in [1.54, 1.807) is 12.1 Å². The molecule has 68 heavy (non-hydrogen) atoms. The lowest BCUT2D eigenvalue weighted by Crippen LogP contribution is -2.50. The van der Waals surface area contributed by atoms with Crippen molar-refractivity contribution in [3.05, 3.63) is 182 Å². The third-order valence-electron chi connectivity index (χ3n) is 13.4. The number of hydrogen-bond donors (Lipinski definition) is 1. The molecule has 2 amide bonds. The molecule has 4 aromatic heterocycles.